The van der Waals surface area contributed by atoms with Crippen LogP contribution in [0.4, 0.5) is 10.8 Å². The quantitative estimate of drug-likeness (QED) is 0.211. The highest BCUT2D eigenvalue weighted by atomic mass is 32.1. The molecule has 8 nitrogen and oxygen atoms in total. The molecule has 0 bridgehead atoms. The van der Waals surface area contributed by atoms with Crippen LogP contribution in [-0.4, -0.2) is 21.8 Å². The van der Waals surface area contributed by atoms with Crippen LogP contribution in [0.5, 0.6) is 0 Å². The standard InChI is InChI=1S/C25H19N3O5S/c1-16-9-11-18(12-10-16)22-15-34-25(26-22)27-23(29)20-7-2-3-8-21(20)24(30)33-14-17-5-4-6-19(13-17)28(31)32/h2-13,15H,14H2,1H3,(H,26,27,29). The Morgan fingerprint density at radius 3 is 2.50 bits per heavy atom. The summed E-state index contributed by atoms with van der Waals surface area (Å²) in [6.45, 7) is 1.84. The number of benzene rings is 3. The third-order valence-corrected chi connectivity index (χ3v) is 5.71. The first kappa shape index (κ1) is 22.8. The lowest BCUT2D eigenvalue weighted by Crippen LogP contribution is -2.17. The van der Waals surface area contributed by atoms with E-state index in [-0.39, 0.29) is 23.4 Å². The van der Waals surface area contributed by atoms with E-state index in [0.29, 0.717) is 10.7 Å². The van der Waals surface area contributed by atoms with Gasteiger partial charge in [-0.2, -0.15) is 0 Å². The maximum absolute atomic E-state index is 12.9. The largest absolute Gasteiger partial charge is 0.457 e. The molecule has 0 aliphatic rings. The Balaban J connectivity index is 1.46. The van der Waals surface area contributed by atoms with Gasteiger partial charge in [-0.3, -0.25) is 20.2 Å². The van der Waals surface area contributed by atoms with Crippen molar-refractivity contribution in [2.45, 2.75) is 13.5 Å². The maximum Gasteiger partial charge on any atom is 0.339 e. The fourth-order valence-corrected chi connectivity index (χ4v) is 3.91. The summed E-state index contributed by atoms with van der Waals surface area (Å²) in [6.07, 6.45) is 0. The first-order valence-electron chi connectivity index (χ1n) is 10.2. The Kier molecular flexibility index (Phi) is 6.74. The van der Waals surface area contributed by atoms with Crippen LogP contribution in [0.25, 0.3) is 11.3 Å². The molecule has 0 spiro atoms. The molecule has 0 saturated carbocycles. The van der Waals surface area contributed by atoms with Crippen molar-refractivity contribution in [3.05, 3.63) is 111 Å². The SMILES string of the molecule is Cc1ccc(-c2csc(NC(=O)c3ccccc3C(=O)OCc3cccc([N+](=O)[O-])c3)n2)cc1. The molecule has 1 N–H and O–H groups in total. The number of aromatic nitrogens is 1. The molecule has 0 aliphatic heterocycles. The van der Waals surface area contributed by atoms with E-state index in [1.165, 1.54) is 41.7 Å². The van der Waals surface area contributed by atoms with Crippen LogP contribution in [0.1, 0.15) is 31.8 Å². The lowest BCUT2D eigenvalue weighted by Gasteiger charge is -2.09. The first-order valence-corrected chi connectivity index (χ1v) is 11.1. The van der Waals surface area contributed by atoms with Gasteiger partial charge < -0.3 is 4.74 Å². The van der Waals surface area contributed by atoms with Gasteiger partial charge in [0.1, 0.15) is 6.61 Å². The van der Waals surface area contributed by atoms with E-state index in [4.69, 9.17) is 4.74 Å². The number of nitro benzene ring substituents is 1. The number of aryl methyl sites for hydroxylation is 1. The van der Waals surface area contributed by atoms with E-state index in [2.05, 4.69) is 10.3 Å². The number of carbonyl (C=O) groups excluding carboxylic acids is 2. The number of esters is 1. The molecule has 0 atom stereocenters. The monoisotopic (exact) mass is 473 g/mol. The highest BCUT2D eigenvalue weighted by molar-refractivity contribution is 7.14. The summed E-state index contributed by atoms with van der Waals surface area (Å²) < 4.78 is 5.31. The van der Waals surface area contributed by atoms with Crippen LogP contribution in [-0.2, 0) is 11.3 Å². The summed E-state index contributed by atoms with van der Waals surface area (Å²) in [7, 11) is 0. The molecule has 4 rings (SSSR count). The summed E-state index contributed by atoms with van der Waals surface area (Å²) in [5, 5.41) is 15.9. The van der Waals surface area contributed by atoms with Gasteiger partial charge >= 0.3 is 5.97 Å². The lowest BCUT2D eigenvalue weighted by molar-refractivity contribution is -0.384. The third-order valence-electron chi connectivity index (χ3n) is 4.95. The molecule has 1 heterocycles. The van der Waals surface area contributed by atoms with E-state index < -0.39 is 16.8 Å². The molecule has 4 aromatic rings. The smallest absolute Gasteiger partial charge is 0.339 e. The molecule has 170 valence electrons. The van der Waals surface area contributed by atoms with E-state index in [1.54, 1.807) is 18.2 Å². The van der Waals surface area contributed by atoms with Crippen LogP contribution in [0.15, 0.2) is 78.2 Å². The summed E-state index contributed by atoms with van der Waals surface area (Å²) in [4.78, 5) is 40.4. The molecule has 0 radical (unpaired) electrons. The van der Waals surface area contributed by atoms with Gasteiger partial charge in [-0.15, -0.1) is 11.3 Å². The molecular weight excluding hydrogens is 454 g/mol. The molecule has 9 heteroatoms. The number of hydrogen-bond donors (Lipinski definition) is 1. The predicted molar refractivity (Wildman–Crippen MR) is 129 cm³/mol. The van der Waals surface area contributed by atoms with Crippen LogP contribution >= 0.6 is 11.3 Å². The first-order chi connectivity index (χ1) is 16.4. The second-order valence-electron chi connectivity index (χ2n) is 7.41. The Morgan fingerprint density at radius 2 is 1.76 bits per heavy atom. The lowest BCUT2D eigenvalue weighted by atomic mass is 10.1. The molecule has 0 unspecified atom stereocenters. The van der Waals surface area contributed by atoms with E-state index >= 15 is 0 Å². The minimum atomic E-state index is -0.711. The zero-order chi connectivity index (χ0) is 24.1. The number of rotatable bonds is 7. The van der Waals surface area contributed by atoms with Crippen LogP contribution < -0.4 is 5.32 Å². The van der Waals surface area contributed by atoms with Gasteiger partial charge in [0.25, 0.3) is 11.6 Å². The highest BCUT2D eigenvalue weighted by Gasteiger charge is 2.19. The number of non-ortho nitro benzene ring substituents is 1. The van der Waals surface area contributed by atoms with Gasteiger partial charge in [0, 0.05) is 23.1 Å². The van der Waals surface area contributed by atoms with Crippen molar-refractivity contribution in [3.8, 4) is 11.3 Å². The fraction of sp³-hybridized carbons (Fsp3) is 0.0800. The number of nitro groups is 1. The Hall–Kier alpha value is -4.37. The summed E-state index contributed by atoms with van der Waals surface area (Å²) in [5.41, 5.74) is 3.41. The Labute approximate surface area is 199 Å². The van der Waals surface area contributed by atoms with Crippen LogP contribution in [0.3, 0.4) is 0 Å². The van der Waals surface area contributed by atoms with Gasteiger partial charge in [0.2, 0.25) is 0 Å². The fourth-order valence-electron chi connectivity index (χ4n) is 3.20. The minimum absolute atomic E-state index is 0.0840. The molecule has 1 amide bonds. The van der Waals surface area contributed by atoms with Crippen molar-refractivity contribution >= 4 is 34.0 Å². The topological polar surface area (TPSA) is 111 Å². The van der Waals surface area contributed by atoms with Crippen molar-refractivity contribution in [3.63, 3.8) is 0 Å². The summed E-state index contributed by atoms with van der Waals surface area (Å²) in [6, 6.07) is 20.0. The number of thiazole rings is 1. The van der Waals surface area contributed by atoms with E-state index in [1.807, 2.05) is 36.6 Å². The van der Waals surface area contributed by atoms with Crippen molar-refractivity contribution in [2.24, 2.45) is 0 Å². The van der Waals surface area contributed by atoms with Gasteiger partial charge in [0.15, 0.2) is 5.13 Å². The number of nitrogens with zero attached hydrogens (tertiary/aromatic N) is 2. The van der Waals surface area contributed by atoms with Gasteiger partial charge in [-0.1, -0.05) is 54.1 Å². The maximum atomic E-state index is 12.9. The number of hydrogen-bond acceptors (Lipinski definition) is 7. The van der Waals surface area contributed by atoms with Gasteiger partial charge in [0.05, 0.1) is 21.7 Å². The third kappa shape index (κ3) is 5.33. The normalized spacial score (nSPS) is 10.5. The van der Waals surface area contributed by atoms with E-state index in [0.717, 1.165) is 16.8 Å². The number of ether oxygens (including phenoxy) is 1. The average molecular weight is 474 g/mol. The second kappa shape index (κ2) is 10.1. The van der Waals surface area contributed by atoms with Crippen molar-refractivity contribution in [1.29, 1.82) is 0 Å². The van der Waals surface area contributed by atoms with Crippen molar-refractivity contribution in [2.75, 3.05) is 5.32 Å². The molecule has 0 fully saturated rings. The van der Waals surface area contributed by atoms with Crippen molar-refractivity contribution in [1.82, 2.24) is 4.98 Å². The van der Waals surface area contributed by atoms with Crippen molar-refractivity contribution < 1.29 is 19.2 Å². The van der Waals surface area contributed by atoms with Gasteiger partial charge in [-0.25, -0.2) is 9.78 Å². The molecule has 0 saturated heterocycles. The number of amides is 1. The highest BCUT2D eigenvalue weighted by Crippen LogP contribution is 2.26. The number of nitrogens with one attached hydrogen (secondary N) is 1. The second-order valence-corrected chi connectivity index (χ2v) is 8.26. The number of carbonyl (C=O) groups is 2. The van der Waals surface area contributed by atoms with Gasteiger partial charge in [-0.05, 0) is 24.6 Å². The summed E-state index contributed by atoms with van der Waals surface area (Å²) >= 11 is 1.28. The van der Waals surface area contributed by atoms with Crippen LogP contribution in [0.2, 0.25) is 0 Å². The zero-order valence-electron chi connectivity index (χ0n) is 18.1. The Bertz CT molecular complexity index is 1360. The zero-order valence-corrected chi connectivity index (χ0v) is 18.9. The molecular formula is C25H19N3O5S. The number of anilines is 1. The molecule has 0 aliphatic carbocycles. The Morgan fingerprint density at radius 1 is 1.03 bits per heavy atom. The minimum Gasteiger partial charge on any atom is -0.457 e. The summed E-state index contributed by atoms with van der Waals surface area (Å²) in [5.74, 6) is -1.20. The molecule has 34 heavy (non-hydrogen) atoms. The van der Waals surface area contributed by atoms with Crippen LogP contribution in [0, 0.1) is 17.0 Å². The molecule has 1 aromatic heterocycles. The predicted octanol–water partition coefficient (Wildman–Crippen LogP) is 5.64. The van der Waals surface area contributed by atoms with E-state index in [9.17, 15) is 19.7 Å². The molecule has 3 aromatic carbocycles. The average Bonchev–Trinajstić information content (AvgIpc) is 3.31.